The van der Waals surface area contributed by atoms with Crippen molar-refractivity contribution in [1.29, 1.82) is 0 Å². The molecular weight excluding hydrogens is 234 g/mol. The van der Waals surface area contributed by atoms with E-state index in [1.807, 2.05) is 0 Å². The van der Waals surface area contributed by atoms with Crippen molar-refractivity contribution in [3.05, 3.63) is 29.3 Å². The Morgan fingerprint density at radius 2 is 1.95 bits per heavy atom. The smallest absolute Gasteiger partial charge is 0.122 e. The van der Waals surface area contributed by atoms with E-state index in [4.69, 9.17) is 4.74 Å². The van der Waals surface area contributed by atoms with Gasteiger partial charge in [0.2, 0.25) is 0 Å². The SMILES string of the molecule is CNCC1(c2cc(C(C)C)ccc2OC)CCCC1. The average molecular weight is 261 g/mol. The monoisotopic (exact) mass is 261 g/mol. The molecule has 1 fully saturated rings. The number of hydrogen-bond acceptors (Lipinski definition) is 2. The maximum Gasteiger partial charge on any atom is 0.122 e. The summed E-state index contributed by atoms with van der Waals surface area (Å²) in [7, 11) is 3.84. The zero-order valence-electron chi connectivity index (χ0n) is 12.8. The fourth-order valence-corrected chi connectivity index (χ4v) is 3.43. The first kappa shape index (κ1) is 14.4. The van der Waals surface area contributed by atoms with Gasteiger partial charge in [-0.15, -0.1) is 0 Å². The number of hydrogen-bond donors (Lipinski definition) is 1. The van der Waals surface area contributed by atoms with Crippen molar-refractivity contribution < 1.29 is 4.74 Å². The molecular formula is C17H27NO. The predicted octanol–water partition coefficient (Wildman–Crippen LogP) is 3.85. The zero-order valence-corrected chi connectivity index (χ0v) is 12.8. The van der Waals surface area contributed by atoms with Crippen LogP contribution in [-0.4, -0.2) is 20.7 Å². The van der Waals surface area contributed by atoms with Crippen molar-refractivity contribution in [2.45, 2.75) is 50.9 Å². The molecule has 0 unspecified atom stereocenters. The van der Waals surface area contributed by atoms with Gasteiger partial charge in [0, 0.05) is 17.5 Å². The second-order valence-electron chi connectivity index (χ2n) is 6.13. The van der Waals surface area contributed by atoms with Gasteiger partial charge < -0.3 is 10.1 Å². The van der Waals surface area contributed by atoms with E-state index >= 15 is 0 Å². The summed E-state index contributed by atoms with van der Waals surface area (Å²) in [6.07, 6.45) is 5.20. The van der Waals surface area contributed by atoms with Gasteiger partial charge >= 0.3 is 0 Å². The van der Waals surface area contributed by atoms with E-state index in [9.17, 15) is 0 Å². The normalized spacial score (nSPS) is 17.9. The lowest BCUT2D eigenvalue weighted by molar-refractivity contribution is 0.367. The van der Waals surface area contributed by atoms with Gasteiger partial charge in [-0.2, -0.15) is 0 Å². The fraction of sp³-hybridized carbons (Fsp3) is 0.647. The molecule has 1 aliphatic carbocycles. The number of benzene rings is 1. The third kappa shape index (κ3) is 2.79. The molecule has 0 amide bonds. The summed E-state index contributed by atoms with van der Waals surface area (Å²) < 4.78 is 5.64. The van der Waals surface area contributed by atoms with E-state index in [-0.39, 0.29) is 5.41 Å². The number of rotatable bonds is 5. The molecule has 0 atom stereocenters. The quantitative estimate of drug-likeness (QED) is 0.869. The molecule has 1 N–H and O–H groups in total. The van der Waals surface area contributed by atoms with Gasteiger partial charge in [0.25, 0.3) is 0 Å². The lowest BCUT2D eigenvalue weighted by Crippen LogP contribution is -2.34. The molecule has 0 heterocycles. The van der Waals surface area contributed by atoms with E-state index in [0.717, 1.165) is 12.3 Å². The summed E-state index contributed by atoms with van der Waals surface area (Å²) in [5.74, 6) is 1.62. The van der Waals surface area contributed by atoms with Crippen molar-refractivity contribution >= 4 is 0 Å². The van der Waals surface area contributed by atoms with Crippen LogP contribution >= 0.6 is 0 Å². The van der Waals surface area contributed by atoms with E-state index in [1.54, 1.807) is 7.11 Å². The van der Waals surface area contributed by atoms with E-state index < -0.39 is 0 Å². The predicted molar refractivity (Wildman–Crippen MR) is 81.2 cm³/mol. The van der Waals surface area contributed by atoms with Crippen LogP contribution in [0.2, 0.25) is 0 Å². The maximum absolute atomic E-state index is 5.64. The van der Waals surface area contributed by atoms with E-state index in [1.165, 1.54) is 36.8 Å². The molecule has 0 bridgehead atoms. The van der Waals surface area contributed by atoms with Crippen LogP contribution in [0.25, 0.3) is 0 Å². The summed E-state index contributed by atoms with van der Waals surface area (Å²) in [4.78, 5) is 0. The van der Waals surface area contributed by atoms with Crippen molar-refractivity contribution in [2.24, 2.45) is 0 Å². The van der Waals surface area contributed by atoms with Crippen LogP contribution in [0.4, 0.5) is 0 Å². The summed E-state index contributed by atoms with van der Waals surface area (Å²) in [5.41, 5.74) is 3.09. The van der Waals surface area contributed by atoms with Crippen LogP contribution in [0.3, 0.4) is 0 Å². The second kappa shape index (κ2) is 5.96. The number of nitrogens with one attached hydrogen (secondary N) is 1. The molecule has 2 nitrogen and oxygen atoms in total. The van der Waals surface area contributed by atoms with E-state index in [0.29, 0.717) is 5.92 Å². The fourth-order valence-electron chi connectivity index (χ4n) is 3.43. The highest BCUT2D eigenvalue weighted by Gasteiger charge is 2.37. The molecule has 1 aliphatic rings. The first-order chi connectivity index (χ1) is 9.13. The van der Waals surface area contributed by atoms with Crippen LogP contribution in [0, 0.1) is 0 Å². The highest BCUT2D eigenvalue weighted by molar-refractivity contribution is 5.44. The van der Waals surface area contributed by atoms with Gasteiger partial charge in [0.1, 0.15) is 5.75 Å². The van der Waals surface area contributed by atoms with Crippen LogP contribution in [0.1, 0.15) is 56.6 Å². The molecule has 1 aromatic carbocycles. The largest absolute Gasteiger partial charge is 0.496 e. The van der Waals surface area contributed by atoms with Gasteiger partial charge in [-0.05, 0) is 37.4 Å². The molecule has 0 aliphatic heterocycles. The Morgan fingerprint density at radius 1 is 1.26 bits per heavy atom. The van der Waals surface area contributed by atoms with Crippen molar-refractivity contribution in [1.82, 2.24) is 5.32 Å². The minimum absolute atomic E-state index is 0.269. The Morgan fingerprint density at radius 3 is 2.47 bits per heavy atom. The molecule has 0 aromatic heterocycles. The summed E-state index contributed by atoms with van der Waals surface area (Å²) >= 11 is 0. The van der Waals surface area contributed by atoms with Gasteiger partial charge in [-0.25, -0.2) is 0 Å². The van der Waals surface area contributed by atoms with Crippen molar-refractivity contribution in [3.63, 3.8) is 0 Å². The highest BCUT2D eigenvalue weighted by atomic mass is 16.5. The molecule has 2 rings (SSSR count). The zero-order chi connectivity index (χ0) is 13.9. The number of ether oxygens (including phenoxy) is 1. The third-order valence-electron chi connectivity index (χ3n) is 4.54. The topological polar surface area (TPSA) is 21.3 Å². The van der Waals surface area contributed by atoms with E-state index in [2.05, 4.69) is 44.4 Å². The molecule has 0 spiro atoms. The molecule has 0 saturated heterocycles. The Bertz CT molecular complexity index is 419. The summed E-state index contributed by atoms with van der Waals surface area (Å²) in [5, 5.41) is 3.39. The molecule has 19 heavy (non-hydrogen) atoms. The van der Waals surface area contributed by atoms with Crippen molar-refractivity contribution in [3.8, 4) is 5.75 Å². The minimum atomic E-state index is 0.269. The first-order valence-corrected chi connectivity index (χ1v) is 7.46. The van der Waals surface area contributed by atoms with Crippen LogP contribution < -0.4 is 10.1 Å². The van der Waals surface area contributed by atoms with Crippen LogP contribution in [0.5, 0.6) is 5.75 Å². The van der Waals surface area contributed by atoms with Crippen LogP contribution in [0.15, 0.2) is 18.2 Å². The van der Waals surface area contributed by atoms with Gasteiger partial charge in [0.05, 0.1) is 7.11 Å². The molecule has 1 aromatic rings. The summed E-state index contributed by atoms with van der Waals surface area (Å²) in [6.45, 7) is 5.56. The molecule has 0 radical (unpaired) electrons. The first-order valence-electron chi connectivity index (χ1n) is 7.46. The van der Waals surface area contributed by atoms with Crippen LogP contribution in [-0.2, 0) is 5.41 Å². The van der Waals surface area contributed by atoms with Crippen molar-refractivity contribution in [2.75, 3.05) is 20.7 Å². The number of methoxy groups -OCH3 is 1. The third-order valence-corrected chi connectivity index (χ3v) is 4.54. The maximum atomic E-state index is 5.64. The highest BCUT2D eigenvalue weighted by Crippen LogP contribution is 2.45. The van der Waals surface area contributed by atoms with Gasteiger partial charge in [0.15, 0.2) is 0 Å². The second-order valence-corrected chi connectivity index (χ2v) is 6.13. The average Bonchev–Trinajstić information content (AvgIpc) is 2.88. The standard InChI is InChI=1S/C17H27NO/c1-13(2)14-7-8-16(19-4)15(11-14)17(12-18-3)9-5-6-10-17/h7-8,11,13,18H,5-6,9-10,12H2,1-4H3. The van der Waals surface area contributed by atoms with Gasteiger partial charge in [-0.1, -0.05) is 38.8 Å². The molecule has 2 heteroatoms. The lowest BCUT2D eigenvalue weighted by Gasteiger charge is -2.31. The Hall–Kier alpha value is -1.02. The Balaban J connectivity index is 2.47. The molecule has 1 saturated carbocycles. The number of likely N-dealkylation sites (N-methyl/N-ethyl adjacent to an activating group) is 1. The lowest BCUT2D eigenvalue weighted by atomic mass is 9.77. The summed E-state index contributed by atoms with van der Waals surface area (Å²) in [6, 6.07) is 6.74. The Labute approximate surface area is 117 Å². The minimum Gasteiger partial charge on any atom is -0.496 e. The van der Waals surface area contributed by atoms with Gasteiger partial charge in [-0.3, -0.25) is 0 Å². The Kier molecular flexibility index (Phi) is 4.51. The molecule has 106 valence electrons.